The van der Waals surface area contributed by atoms with Gasteiger partial charge in [0, 0.05) is 23.7 Å². The Morgan fingerprint density at radius 2 is 1.93 bits per heavy atom. The number of aromatic amines is 2. The second-order valence-corrected chi connectivity index (χ2v) is 8.12. The topological polar surface area (TPSA) is 106 Å². The highest BCUT2D eigenvalue weighted by atomic mass is 16.1. The minimum atomic E-state index is -0.272. The summed E-state index contributed by atoms with van der Waals surface area (Å²) in [6, 6.07) is 2.96. The summed E-state index contributed by atoms with van der Waals surface area (Å²) in [4.78, 5) is 24.2. The third kappa shape index (κ3) is 3.77. The van der Waals surface area contributed by atoms with Crippen molar-refractivity contribution in [2.45, 2.75) is 37.8 Å². The molecule has 9 nitrogen and oxygen atoms in total. The Hall–Kier alpha value is -3.07. The van der Waals surface area contributed by atoms with E-state index in [1.165, 1.54) is 12.8 Å². The van der Waals surface area contributed by atoms with Crippen molar-refractivity contribution in [1.29, 1.82) is 0 Å². The molecule has 3 aromatic rings. The molecular weight excluding hydrogens is 368 g/mol. The maximum Gasteiger partial charge on any atom is 0.323 e. The van der Waals surface area contributed by atoms with Gasteiger partial charge in [0.2, 0.25) is 0 Å². The molecule has 1 saturated heterocycles. The van der Waals surface area contributed by atoms with Crippen LogP contribution in [0.25, 0.3) is 18.3 Å². The van der Waals surface area contributed by atoms with Gasteiger partial charge in [-0.25, -0.2) is 9.78 Å². The lowest BCUT2D eigenvalue weighted by Crippen LogP contribution is -2.36. The molecule has 0 spiro atoms. The van der Waals surface area contributed by atoms with Gasteiger partial charge in [-0.15, -0.1) is 0 Å². The van der Waals surface area contributed by atoms with Gasteiger partial charge < -0.3 is 25.5 Å². The number of H-pyrrole nitrogens is 2. The molecule has 0 amide bonds. The third-order valence-electron chi connectivity index (χ3n) is 5.64. The summed E-state index contributed by atoms with van der Waals surface area (Å²) >= 11 is 0. The third-order valence-corrected chi connectivity index (χ3v) is 5.64. The van der Waals surface area contributed by atoms with Crippen molar-refractivity contribution in [3.8, 4) is 0 Å². The number of likely N-dealkylation sites (tertiary alicyclic amines) is 1. The smallest absolute Gasteiger partial charge is 0.323 e. The molecule has 1 aliphatic carbocycles. The first-order chi connectivity index (χ1) is 14.0. The van der Waals surface area contributed by atoms with Crippen LogP contribution in [0.1, 0.15) is 31.2 Å². The van der Waals surface area contributed by atoms with Gasteiger partial charge in [0.1, 0.15) is 11.6 Å². The number of piperidine rings is 1. The number of aromatic nitrogens is 5. The molecule has 0 bridgehead atoms. The van der Waals surface area contributed by atoms with Gasteiger partial charge in [-0.1, -0.05) is 6.58 Å². The zero-order chi connectivity index (χ0) is 20.0. The van der Waals surface area contributed by atoms with Crippen molar-refractivity contribution >= 4 is 29.9 Å². The quantitative estimate of drug-likeness (QED) is 0.488. The largest absolute Gasteiger partial charge is 0.367 e. The Morgan fingerprint density at radius 1 is 1.17 bits per heavy atom. The molecule has 0 radical (unpaired) electrons. The van der Waals surface area contributed by atoms with Crippen LogP contribution in [0, 0.1) is 0 Å². The number of rotatable bonds is 5. The molecule has 0 unspecified atom stereocenters. The van der Waals surface area contributed by atoms with Crippen LogP contribution in [0.15, 0.2) is 17.1 Å². The molecule has 3 aromatic heterocycles. The van der Waals surface area contributed by atoms with E-state index in [1.807, 2.05) is 16.7 Å². The highest BCUT2D eigenvalue weighted by molar-refractivity contribution is 5.69. The average Bonchev–Trinajstić information content (AvgIpc) is 3.33. The van der Waals surface area contributed by atoms with Crippen LogP contribution in [0.2, 0.25) is 0 Å². The lowest BCUT2D eigenvalue weighted by molar-refractivity contribution is 0.263. The first-order valence-electron chi connectivity index (χ1n) is 10.1. The van der Waals surface area contributed by atoms with E-state index >= 15 is 0 Å². The molecule has 9 heteroatoms. The van der Waals surface area contributed by atoms with Crippen LogP contribution < -0.4 is 27.0 Å². The molecule has 2 aliphatic rings. The molecule has 2 fully saturated rings. The van der Waals surface area contributed by atoms with E-state index in [1.54, 1.807) is 6.20 Å². The van der Waals surface area contributed by atoms with Crippen molar-refractivity contribution in [2.24, 2.45) is 0 Å². The Labute approximate surface area is 167 Å². The molecule has 29 heavy (non-hydrogen) atoms. The first kappa shape index (κ1) is 18.0. The normalized spacial score (nSPS) is 19.1. The second kappa shape index (κ2) is 7.07. The predicted octanol–water partition coefficient (Wildman–Crippen LogP) is 0.0652. The summed E-state index contributed by atoms with van der Waals surface area (Å²) in [5.41, 5.74) is 1.30. The van der Waals surface area contributed by atoms with Crippen LogP contribution in [0.4, 0.5) is 11.6 Å². The van der Waals surface area contributed by atoms with Crippen molar-refractivity contribution in [3.63, 3.8) is 0 Å². The number of imidazole rings is 1. The predicted molar refractivity (Wildman–Crippen MR) is 114 cm³/mol. The highest BCUT2D eigenvalue weighted by Gasteiger charge is 2.24. The van der Waals surface area contributed by atoms with Crippen molar-refractivity contribution in [1.82, 2.24) is 29.5 Å². The van der Waals surface area contributed by atoms with E-state index in [4.69, 9.17) is 4.98 Å². The Bertz CT molecular complexity index is 1190. The van der Waals surface area contributed by atoms with Crippen molar-refractivity contribution in [3.05, 3.63) is 39.0 Å². The molecule has 4 N–H and O–H groups in total. The summed E-state index contributed by atoms with van der Waals surface area (Å²) in [6.45, 7) is 6.05. The zero-order valence-electron chi connectivity index (χ0n) is 16.5. The number of nitrogens with one attached hydrogen (secondary N) is 4. The lowest BCUT2D eigenvalue weighted by Gasteiger charge is -2.29. The molecule has 152 valence electrons. The van der Waals surface area contributed by atoms with Crippen LogP contribution in [0.3, 0.4) is 0 Å². The van der Waals surface area contributed by atoms with Gasteiger partial charge in [0.05, 0.1) is 16.9 Å². The number of hydrogen-bond donors (Lipinski definition) is 4. The van der Waals surface area contributed by atoms with Crippen LogP contribution in [-0.4, -0.2) is 61.7 Å². The van der Waals surface area contributed by atoms with Gasteiger partial charge in [0.15, 0.2) is 5.65 Å². The molecule has 4 heterocycles. The summed E-state index contributed by atoms with van der Waals surface area (Å²) in [5, 5.41) is 12.9. The molecule has 0 aromatic carbocycles. The number of fused-ring (bicyclic) bond motifs is 1. The van der Waals surface area contributed by atoms with E-state index in [9.17, 15) is 4.79 Å². The summed E-state index contributed by atoms with van der Waals surface area (Å²) in [5.74, 6) is 1.78. The molecule has 0 atom stereocenters. The molecule has 1 aliphatic heterocycles. The van der Waals surface area contributed by atoms with E-state index in [-0.39, 0.29) is 5.69 Å². The van der Waals surface area contributed by atoms with Gasteiger partial charge >= 0.3 is 5.69 Å². The molecule has 5 rings (SSSR count). The second-order valence-electron chi connectivity index (χ2n) is 8.12. The Morgan fingerprint density at radius 3 is 2.62 bits per heavy atom. The fraction of sp³-hybridized carbons (Fsp3) is 0.450. The van der Waals surface area contributed by atoms with Crippen molar-refractivity contribution in [2.75, 3.05) is 30.8 Å². The minimum absolute atomic E-state index is 0.272. The van der Waals surface area contributed by atoms with Crippen LogP contribution in [-0.2, 0) is 0 Å². The minimum Gasteiger partial charge on any atom is -0.367 e. The average molecular weight is 394 g/mol. The molecule has 1 saturated carbocycles. The van der Waals surface area contributed by atoms with E-state index in [0.29, 0.717) is 22.8 Å². The number of nitrogens with zero attached hydrogens (tertiary/aromatic N) is 4. The summed E-state index contributed by atoms with van der Waals surface area (Å²) in [7, 11) is 2.16. The highest BCUT2D eigenvalue weighted by Crippen LogP contribution is 2.27. The summed E-state index contributed by atoms with van der Waals surface area (Å²) in [6.07, 6.45) is 8.18. The van der Waals surface area contributed by atoms with Gasteiger partial charge in [-0.3, -0.25) is 0 Å². The molecular formula is C20H26N8O. The fourth-order valence-electron chi connectivity index (χ4n) is 3.77. The first-order valence-corrected chi connectivity index (χ1v) is 10.1. The fourth-order valence-corrected chi connectivity index (χ4v) is 3.77. The zero-order valence-corrected chi connectivity index (χ0v) is 16.5. The SMILES string of the molecule is C=c1[nH]c(=O)[nH]/c1=C\c1cnn2c(NC3CC3)cc(NC3CCN(C)CC3)nc12. The van der Waals surface area contributed by atoms with Gasteiger partial charge in [-0.2, -0.15) is 9.61 Å². The number of hydrogen-bond acceptors (Lipinski definition) is 6. The van der Waals surface area contributed by atoms with Crippen LogP contribution in [0.5, 0.6) is 0 Å². The van der Waals surface area contributed by atoms with Gasteiger partial charge in [0.25, 0.3) is 0 Å². The van der Waals surface area contributed by atoms with E-state index < -0.39 is 0 Å². The Balaban J connectivity index is 1.55. The standard InChI is InChI=1S/C20H26N8O/c1-12-16(25-20(29)22-12)9-13-11-21-28-18(24-14-3-4-14)10-17(26-19(13)28)23-15-5-7-27(2)8-6-15/h9-11,14-15,24H,1,3-8H2,2H3,(H,23,26)(H2,22,25,29)/b16-9-. The maximum absolute atomic E-state index is 11.6. The maximum atomic E-state index is 11.6. The Kier molecular flexibility index (Phi) is 4.39. The van der Waals surface area contributed by atoms with Gasteiger partial charge in [-0.05, 0) is 51.9 Å². The van der Waals surface area contributed by atoms with Crippen LogP contribution >= 0.6 is 0 Å². The van der Waals surface area contributed by atoms with Crippen molar-refractivity contribution < 1.29 is 0 Å². The summed E-state index contributed by atoms with van der Waals surface area (Å²) < 4.78 is 1.83. The monoisotopic (exact) mass is 394 g/mol. The lowest BCUT2D eigenvalue weighted by atomic mass is 10.1. The van der Waals surface area contributed by atoms with E-state index in [0.717, 1.165) is 48.8 Å². The van der Waals surface area contributed by atoms with E-state index in [2.05, 4.69) is 44.2 Å². The number of anilines is 2.